The van der Waals surface area contributed by atoms with E-state index in [1.165, 1.54) is 18.4 Å². The second kappa shape index (κ2) is 6.59. The number of nitrogens with two attached hydrogens (primary N) is 1. The summed E-state index contributed by atoms with van der Waals surface area (Å²) < 4.78 is 5.24. The monoisotopic (exact) mass is 355 g/mol. The van der Waals surface area contributed by atoms with Crippen molar-refractivity contribution in [3.8, 4) is 5.75 Å². The van der Waals surface area contributed by atoms with Gasteiger partial charge in [-0.2, -0.15) is 0 Å². The van der Waals surface area contributed by atoms with E-state index in [0.29, 0.717) is 26.6 Å². The number of amides is 2. The third kappa shape index (κ3) is 4.02. The van der Waals surface area contributed by atoms with Crippen LogP contribution in [0.15, 0.2) is 12.1 Å². The predicted octanol–water partition coefficient (Wildman–Crippen LogP) is 3.15. The van der Waals surface area contributed by atoms with Gasteiger partial charge in [-0.15, -0.1) is 10.2 Å². The molecule has 124 valence electrons. The standard InChI is InChI=1S/C14H18ClN5O2S/c1-7-5-9(10(22-4)6-8(7)15)17-13(21)18-14(2,3)11-19-20-12(16)23-11/h5-6H,1-4H3,(H2,16,20)(H2,17,18,21). The summed E-state index contributed by atoms with van der Waals surface area (Å²) in [5, 5.41) is 14.9. The molecule has 0 fully saturated rings. The number of hydrogen-bond acceptors (Lipinski definition) is 6. The third-order valence-corrected chi connectivity index (χ3v) is 4.61. The average molecular weight is 356 g/mol. The number of hydrogen-bond donors (Lipinski definition) is 3. The Morgan fingerprint density at radius 3 is 2.65 bits per heavy atom. The lowest BCUT2D eigenvalue weighted by atomic mass is 10.1. The zero-order valence-corrected chi connectivity index (χ0v) is 14.8. The molecule has 2 aromatic rings. The molecular formula is C14H18ClN5O2S. The van der Waals surface area contributed by atoms with Crippen LogP contribution in [0.25, 0.3) is 0 Å². The number of anilines is 2. The number of ether oxygens (including phenoxy) is 1. The molecule has 1 aromatic heterocycles. The topological polar surface area (TPSA) is 102 Å². The molecule has 4 N–H and O–H groups in total. The highest BCUT2D eigenvalue weighted by Crippen LogP contribution is 2.31. The molecule has 0 unspecified atom stereocenters. The Balaban J connectivity index is 2.15. The number of aryl methyl sites for hydroxylation is 1. The first-order valence-corrected chi connectivity index (χ1v) is 7.95. The second-order valence-corrected chi connectivity index (χ2v) is 6.87. The van der Waals surface area contributed by atoms with Gasteiger partial charge in [0, 0.05) is 11.1 Å². The Labute approximate surface area is 143 Å². The van der Waals surface area contributed by atoms with Crippen molar-refractivity contribution < 1.29 is 9.53 Å². The maximum absolute atomic E-state index is 12.3. The number of benzene rings is 1. The first-order valence-electron chi connectivity index (χ1n) is 6.75. The van der Waals surface area contributed by atoms with Crippen molar-refractivity contribution in [3.63, 3.8) is 0 Å². The molecule has 0 spiro atoms. The van der Waals surface area contributed by atoms with Gasteiger partial charge in [0.1, 0.15) is 10.8 Å². The Morgan fingerprint density at radius 1 is 1.39 bits per heavy atom. The maximum Gasteiger partial charge on any atom is 0.320 e. The fraction of sp³-hybridized carbons (Fsp3) is 0.357. The van der Waals surface area contributed by atoms with Gasteiger partial charge in [0.05, 0.1) is 18.3 Å². The SMILES string of the molecule is COc1cc(Cl)c(C)cc1NC(=O)NC(C)(C)c1nnc(N)s1. The number of methoxy groups -OCH3 is 1. The maximum atomic E-state index is 12.3. The Bertz CT molecular complexity index is 732. The molecule has 0 aliphatic heterocycles. The van der Waals surface area contributed by atoms with Crippen LogP contribution in [0.5, 0.6) is 5.75 Å². The van der Waals surface area contributed by atoms with Gasteiger partial charge in [-0.3, -0.25) is 0 Å². The van der Waals surface area contributed by atoms with Gasteiger partial charge in [-0.1, -0.05) is 22.9 Å². The molecule has 0 aliphatic carbocycles. The fourth-order valence-electron chi connectivity index (χ4n) is 1.91. The van der Waals surface area contributed by atoms with Crippen molar-refractivity contribution in [3.05, 3.63) is 27.7 Å². The van der Waals surface area contributed by atoms with Crippen molar-refractivity contribution in [2.75, 3.05) is 18.2 Å². The summed E-state index contributed by atoms with van der Waals surface area (Å²) in [5.41, 5.74) is 6.23. The van der Waals surface area contributed by atoms with Gasteiger partial charge in [0.2, 0.25) is 5.13 Å². The van der Waals surface area contributed by atoms with E-state index in [9.17, 15) is 4.79 Å². The average Bonchev–Trinajstić information content (AvgIpc) is 2.89. The van der Waals surface area contributed by atoms with Crippen LogP contribution in [0.4, 0.5) is 15.6 Å². The zero-order chi connectivity index (χ0) is 17.2. The molecule has 0 atom stereocenters. The number of carbonyl (C=O) groups is 1. The summed E-state index contributed by atoms with van der Waals surface area (Å²) in [4.78, 5) is 12.3. The molecular weight excluding hydrogens is 338 g/mol. The summed E-state index contributed by atoms with van der Waals surface area (Å²) in [6.45, 7) is 5.48. The first kappa shape index (κ1) is 17.3. The molecule has 23 heavy (non-hydrogen) atoms. The number of nitrogens with one attached hydrogen (secondary N) is 2. The molecule has 2 amide bonds. The summed E-state index contributed by atoms with van der Waals surface area (Å²) in [6.07, 6.45) is 0. The van der Waals surface area contributed by atoms with Crippen molar-refractivity contribution in [1.29, 1.82) is 0 Å². The van der Waals surface area contributed by atoms with Crippen LogP contribution < -0.4 is 21.1 Å². The lowest BCUT2D eigenvalue weighted by Crippen LogP contribution is -2.43. The molecule has 0 radical (unpaired) electrons. The van der Waals surface area contributed by atoms with Gasteiger partial charge >= 0.3 is 6.03 Å². The normalized spacial score (nSPS) is 11.2. The van der Waals surface area contributed by atoms with Gasteiger partial charge in [-0.05, 0) is 32.4 Å². The summed E-state index contributed by atoms with van der Waals surface area (Å²) in [7, 11) is 1.51. The van der Waals surface area contributed by atoms with Gasteiger partial charge < -0.3 is 21.1 Å². The lowest BCUT2D eigenvalue weighted by Gasteiger charge is -2.23. The Hall–Kier alpha value is -2.06. The highest BCUT2D eigenvalue weighted by molar-refractivity contribution is 7.15. The number of halogens is 1. The van der Waals surface area contributed by atoms with E-state index in [2.05, 4.69) is 20.8 Å². The zero-order valence-electron chi connectivity index (χ0n) is 13.2. The van der Waals surface area contributed by atoms with E-state index in [1.807, 2.05) is 20.8 Å². The van der Waals surface area contributed by atoms with Crippen LogP contribution >= 0.6 is 22.9 Å². The highest BCUT2D eigenvalue weighted by Gasteiger charge is 2.27. The number of nitrogens with zero attached hydrogens (tertiary/aromatic N) is 2. The molecule has 1 aromatic carbocycles. The molecule has 2 rings (SSSR count). The van der Waals surface area contributed by atoms with Crippen LogP contribution in [0.2, 0.25) is 5.02 Å². The van der Waals surface area contributed by atoms with Crippen molar-refractivity contribution >= 4 is 39.8 Å². The van der Waals surface area contributed by atoms with E-state index in [4.69, 9.17) is 22.1 Å². The second-order valence-electron chi connectivity index (χ2n) is 5.45. The molecule has 0 aliphatic rings. The minimum absolute atomic E-state index is 0.352. The van der Waals surface area contributed by atoms with E-state index in [-0.39, 0.29) is 0 Å². The van der Waals surface area contributed by atoms with Crippen molar-refractivity contribution in [1.82, 2.24) is 15.5 Å². The molecule has 9 heteroatoms. The van der Waals surface area contributed by atoms with Crippen molar-refractivity contribution in [2.45, 2.75) is 26.3 Å². The van der Waals surface area contributed by atoms with Gasteiger partial charge in [0.15, 0.2) is 0 Å². The third-order valence-electron chi connectivity index (χ3n) is 3.13. The van der Waals surface area contributed by atoms with Crippen LogP contribution in [0.3, 0.4) is 0 Å². The van der Waals surface area contributed by atoms with Crippen LogP contribution in [0.1, 0.15) is 24.4 Å². The predicted molar refractivity (Wildman–Crippen MR) is 92.2 cm³/mol. The first-order chi connectivity index (χ1) is 10.7. The van der Waals surface area contributed by atoms with Crippen molar-refractivity contribution in [2.24, 2.45) is 0 Å². The van der Waals surface area contributed by atoms with Gasteiger partial charge in [-0.25, -0.2) is 4.79 Å². The lowest BCUT2D eigenvalue weighted by molar-refractivity contribution is 0.241. The highest BCUT2D eigenvalue weighted by atomic mass is 35.5. The quantitative estimate of drug-likeness (QED) is 0.781. The summed E-state index contributed by atoms with van der Waals surface area (Å²) in [6, 6.07) is 3.00. The van der Waals surface area contributed by atoms with E-state index in [1.54, 1.807) is 12.1 Å². The molecule has 0 saturated carbocycles. The number of carbonyl (C=O) groups excluding carboxylic acids is 1. The fourth-order valence-corrected chi connectivity index (χ4v) is 2.73. The summed E-state index contributed by atoms with van der Waals surface area (Å²) >= 11 is 7.28. The number of rotatable bonds is 4. The molecule has 0 saturated heterocycles. The molecule has 0 bridgehead atoms. The van der Waals surface area contributed by atoms with E-state index >= 15 is 0 Å². The minimum atomic E-state index is -0.714. The summed E-state index contributed by atoms with van der Waals surface area (Å²) in [5.74, 6) is 0.480. The van der Waals surface area contributed by atoms with Gasteiger partial charge in [0.25, 0.3) is 0 Å². The Morgan fingerprint density at radius 2 is 2.09 bits per heavy atom. The number of urea groups is 1. The van der Waals surface area contributed by atoms with Crippen LogP contribution in [-0.4, -0.2) is 23.3 Å². The molecule has 7 nitrogen and oxygen atoms in total. The molecule has 1 heterocycles. The smallest absolute Gasteiger partial charge is 0.320 e. The minimum Gasteiger partial charge on any atom is -0.495 e. The van der Waals surface area contributed by atoms with Crippen LogP contribution in [0, 0.1) is 6.92 Å². The largest absolute Gasteiger partial charge is 0.495 e. The Kier molecular flexibility index (Phi) is 4.96. The van der Waals surface area contributed by atoms with E-state index < -0.39 is 11.6 Å². The number of aromatic nitrogens is 2. The van der Waals surface area contributed by atoms with Crippen LogP contribution in [-0.2, 0) is 5.54 Å². The number of nitrogen functional groups attached to an aromatic ring is 1. The van der Waals surface area contributed by atoms with E-state index in [0.717, 1.165) is 5.56 Å².